The number of aromatic amines is 1. The monoisotopic (exact) mass is 373 g/mol. The lowest BCUT2D eigenvalue weighted by Gasteiger charge is -2.17. The first-order valence-electron chi connectivity index (χ1n) is 8.81. The molecule has 2 aromatic carbocycles. The van der Waals surface area contributed by atoms with E-state index in [-0.39, 0.29) is 17.5 Å². The van der Waals surface area contributed by atoms with E-state index >= 15 is 0 Å². The molecule has 1 aliphatic heterocycles. The summed E-state index contributed by atoms with van der Waals surface area (Å²) in [5.41, 5.74) is 2.64. The van der Waals surface area contributed by atoms with Gasteiger partial charge in [0.05, 0.1) is 11.9 Å². The molecule has 138 valence electrons. The Morgan fingerprint density at radius 3 is 2.75 bits per heavy atom. The normalized spacial score (nSPS) is 13.2. The zero-order valence-electron chi connectivity index (χ0n) is 14.7. The molecule has 5 rings (SSSR count). The second kappa shape index (κ2) is 6.34. The number of carbonyl (C=O) groups excluding carboxylic acids is 1. The van der Waals surface area contributed by atoms with Gasteiger partial charge in [-0.2, -0.15) is 10.1 Å². The molecule has 8 nitrogen and oxygen atoms in total. The molecule has 4 aromatic rings. The zero-order chi connectivity index (χ0) is 19.1. The van der Waals surface area contributed by atoms with E-state index in [2.05, 4.69) is 20.4 Å². The number of H-pyrrole nitrogens is 1. The van der Waals surface area contributed by atoms with Gasteiger partial charge in [0.1, 0.15) is 11.1 Å². The maximum absolute atomic E-state index is 12.4. The fourth-order valence-corrected chi connectivity index (χ4v) is 3.24. The summed E-state index contributed by atoms with van der Waals surface area (Å²) in [6.45, 7) is 0. The molecule has 0 bridgehead atoms. The summed E-state index contributed by atoms with van der Waals surface area (Å²) >= 11 is 0. The zero-order valence-corrected chi connectivity index (χ0v) is 14.7. The van der Waals surface area contributed by atoms with Crippen molar-refractivity contribution in [3.63, 3.8) is 0 Å². The van der Waals surface area contributed by atoms with Crippen molar-refractivity contribution in [2.75, 3.05) is 5.32 Å². The quantitative estimate of drug-likeness (QED) is 0.575. The Balaban J connectivity index is 1.53. The third kappa shape index (κ3) is 2.81. The summed E-state index contributed by atoms with van der Waals surface area (Å²) < 4.78 is 7.40. The van der Waals surface area contributed by atoms with E-state index in [0.717, 1.165) is 16.9 Å². The number of aryl methyl sites for hydroxylation is 1. The molecule has 28 heavy (non-hydrogen) atoms. The van der Waals surface area contributed by atoms with E-state index in [0.29, 0.717) is 29.6 Å². The van der Waals surface area contributed by atoms with Crippen LogP contribution in [0.25, 0.3) is 16.7 Å². The molecule has 0 aliphatic carbocycles. The minimum atomic E-state index is -0.326. The van der Waals surface area contributed by atoms with E-state index in [9.17, 15) is 9.59 Å². The average molecular weight is 373 g/mol. The first-order valence-corrected chi connectivity index (χ1v) is 8.81. The summed E-state index contributed by atoms with van der Waals surface area (Å²) in [4.78, 5) is 31.0. The van der Waals surface area contributed by atoms with E-state index in [1.54, 1.807) is 16.8 Å². The Labute approximate surface area is 158 Å². The molecule has 0 spiro atoms. The smallest absolute Gasteiger partial charge is 0.304 e. The number of hydrogen-bond donors (Lipinski definition) is 2. The predicted molar refractivity (Wildman–Crippen MR) is 103 cm³/mol. The molecule has 1 aliphatic rings. The van der Waals surface area contributed by atoms with Crippen LogP contribution in [0.5, 0.6) is 11.8 Å². The third-order valence-electron chi connectivity index (χ3n) is 4.60. The molecule has 8 heteroatoms. The van der Waals surface area contributed by atoms with Gasteiger partial charge in [-0.05, 0) is 42.3 Å². The van der Waals surface area contributed by atoms with Crippen molar-refractivity contribution in [3.8, 4) is 17.4 Å². The number of fused-ring (bicyclic) bond motifs is 2. The Morgan fingerprint density at radius 2 is 1.89 bits per heavy atom. The fraction of sp³-hybridized carbons (Fsp3) is 0.100. The summed E-state index contributed by atoms with van der Waals surface area (Å²) in [5.74, 6) is 0.537. The summed E-state index contributed by atoms with van der Waals surface area (Å²) in [6.07, 6.45) is 2.56. The van der Waals surface area contributed by atoms with Gasteiger partial charge in [-0.3, -0.25) is 14.6 Å². The summed E-state index contributed by atoms with van der Waals surface area (Å²) in [5, 5.41) is 7.48. The highest BCUT2D eigenvalue weighted by molar-refractivity contribution is 5.94. The molecule has 0 saturated heterocycles. The molecule has 1 amide bonds. The fourth-order valence-electron chi connectivity index (χ4n) is 3.24. The van der Waals surface area contributed by atoms with Gasteiger partial charge in [-0.1, -0.05) is 18.2 Å². The lowest BCUT2D eigenvalue weighted by molar-refractivity contribution is -0.116. The molecule has 0 atom stereocenters. The van der Waals surface area contributed by atoms with Gasteiger partial charge in [-0.15, -0.1) is 0 Å². The van der Waals surface area contributed by atoms with E-state index in [4.69, 9.17) is 4.74 Å². The molecular weight excluding hydrogens is 358 g/mol. The minimum absolute atomic E-state index is 0.00629. The number of nitrogens with zero attached hydrogens (tertiary/aromatic N) is 3. The molecule has 2 N–H and O–H groups in total. The number of anilines is 1. The van der Waals surface area contributed by atoms with Gasteiger partial charge in [0, 0.05) is 12.1 Å². The number of carbonyl (C=O) groups is 1. The third-order valence-corrected chi connectivity index (χ3v) is 4.60. The van der Waals surface area contributed by atoms with Crippen LogP contribution >= 0.6 is 0 Å². The number of amides is 1. The van der Waals surface area contributed by atoms with Crippen LogP contribution in [0, 0.1) is 0 Å². The molecule has 2 aromatic heterocycles. The number of ether oxygens (including phenoxy) is 1. The van der Waals surface area contributed by atoms with Crippen molar-refractivity contribution < 1.29 is 9.53 Å². The highest BCUT2D eigenvalue weighted by atomic mass is 16.5. The summed E-state index contributed by atoms with van der Waals surface area (Å²) in [6, 6.07) is 14.9. The molecule has 0 radical (unpaired) electrons. The van der Waals surface area contributed by atoms with Crippen LogP contribution in [-0.2, 0) is 11.2 Å². The van der Waals surface area contributed by atoms with Gasteiger partial charge in [0.25, 0.3) is 5.56 Å². The Bertz CT molecular complexity index is 1260. The van der Waals surface area contributed by atoms with Crippen molar-refractivity contribution in [2.45, 2.75) is 12.8 Å². The van der Waals surface area contributed by atoms with Gasteiger partial charge >= 0.3 is 6.01 Å². The van der Waals surface area contributed by atoms with Gasteiger partial charge < -0.3 is 10.1 Å². The van der Waals surface area contributed by atoms with Crippen LogP contribution in [-0.4, -0.2) is 25.7 Å². The van der Waals surface area contributed by atoms with Gasteiger partial charge in [0.2, 0.25) is 5.91 Å². The number of aromatic nitrogens is 4. The van der Waals surface area contributed by atoms with Crippen LogP contribution in [0.3, 0.4) is 0 Å². The van der Waals surface area contributed by atoms with Crippen LogP contribution in [0.2, 0.25) is 0 Å². The molecule has 0 unspecified atom stereocenters. The first-order chi connectivity index (χ1) is 13.7. The lowest BCUT2D eigenvalue weighted by Crippen LogP contribution is -2.18. The summed E-state index contributed by atoms with van der Waals surface area (Å²) in [7, 11) is 0. The highest BCUT2D eigenvalue weighted by Gasteiger charge is 2.16. The van der Waals surface area contributed by atoms with Gasteiger partial charge in [-0.25, -0.2) is 4.68 Å². The van der Waals surface area contributed by atoms with E-state index < -0.39 is 0 Å². The standard InChI is InChI=1S/C20H15N5O3/c26-17-9-6-12-10-14(7-8-16(12)22-17)28-20-23-18-15(19(27)24-20)11-21-25(18)13-4-2-1-3-5-13/h1-5,7-8,10-11H,6,9H2,(H,22,26)(H,23,24,27). The minimum Gasteiger partial charge on any atom is -0.426 e. The van der Waals surface area contributed by atoms with Gasteiger partial charge in [0.15, 0.2) is 5.65 Å². The molecule has 0 fully saturated rings. The first kappa shape index (κ1) is 16.2. The molecule has 3 heterocycles. The van der Waals surface area contributed by atoms with Crippen LogP contribution in [0.1, 0.15) is 12.0 Å². The highest BCUT2D eigenvalue weighted by Crippen LogP contribution is 2.28. The van der Waals surface area contributed by atoms with Crippen LogP contribution in [0.4, 0.5) is 5.69 Å². The number of hydrogen-bond acceptors (Lipinski definition) is 5. The lowest BCUT2D eigenvalue weighted by atomic mass is 10.0. The van der Waals surface area contributed by atoms with Crippen LogP contribution in [0.15, 0.2) is 59.5 Å². The van der Waals surface area contributed by atoms with E-state index in [1.165, 1.54) is 6.20 Å². The average Bonchev–Trinajstić information content (AvgIpc) is 3.13. The maximum Gasteiger partial charge on any atom is 0.304 e. The van der Waals surface area contributed by atoms with E-state index in [1.807, 2.05) is 36.4 Å². The number of para-hydroxylation sites is 1. The number of benzene rings is 2. The van der Waals surface area contributed by atoms with Crippen molar-refractivity contribution in [1.82, 2.24) is 19.7 Å². The Kier molecular flexibility index (Phi) is 3.68. The number of nitrogens with one attached hydrogen (secondary N) is 2. The largest absolute Gasteiger partial charge is 0.426 e. The predicted octanol–water partition coefficient (Wildman–Crippen LogP) is 2.79. The van der Waals surface area contributed by atoms with Crippen molar-refractivity contribution in [1.29, 1.82) is 0 Å². The molecular formula is C20H15N5O3. The Morgan fingerprint density at radius 1 is 1.04 bits per heavy atom. The topological polar surface area (TPSA) is 102 Å². The molecule has 0 saturated carbocycles. The van der Waals surface area contributed by atoms with Crippen molar-refractivity contribution in [3.05, 3.63) is 70.6 Å². The van der Waals surface area contributed by atoms with Crippen LogP contribution < -0.4 is 15.6 Å². The maximum atomic E-state index is 12.4. The van der Waals surface area contributed by atoms with Crippen molar-refractivity contribution >= 4 is 22.6 Å². The van der Waals surface area contributed by atoms with Crippen molar-refractivity contribution in [2.24, 2.45) is 0 Å². The second-order valence-electron chi connectivity index (χ2n) is 6.47. The Hall–Kier alpha value is -3.94. The number of rotatable bonds is 3. The SMILES string of the molecule is O=C1CCc2cc(Oc3nc4c(cnn4-c4ccccc4)c(=O)[nH]3)ccc2N1. The second-order valence-corrected chi connectivity index (χ2v) is 6.47.